The Labute approximate surface area is 122 Å². The van der Waals surface area contributed by atoms with E-state index in [1.807, 2.05) is 0 Å². The molecule has 0 aliphatic heterocycles. The first-order valence-corrected chi connectivity index (χ1v) is 6.96. The zero-order valence-corrected chi connectivity index (χ0v) is 13.0. The van der Waals surface area contributed by atoms with Crippen LogP contribution >= 0.6 is 31.9 Å². The third kappa shape index (κ3) is 4.10. The van der Waals surface area contributed by atoms with E-state index >= 15 is 0 Å². The van der Waals surface area contributed by atoms with Crippen LogP contribution in [0.15, 0.2) is 24.3 Å². The smallest absolute Gasteiger partial charge is 0.324 e. The van der Waals surface area contributed by atoms with E-state index in [0.717, 1.165) is 5.56 Å². The highest BCUT2D eigenvalue weighted by atomic mass is 79.9. The molecule has 0 bridgehead atoms. The van der Waals surface area contributed by atoms with Gasteiger partial charge in [0, 0.05) is 0 Å². The number of benzene rings is 1. The van der Waals surface area contributed by atoms with Crippen molar-refractivity contribution in [1.82, 2.24) is 0 Å². The summed E-state index contributed by atoms with van der Waals surface area (Å²) >= 11 is 6.34. The van der Waals surface area contributed by atoms with Gasteiger partial charge in [-0.1, -0.05) is 44.0 Å². The first-order valence-electron chi connectivity index (χ1n) is 5.13. The predicted molar refractivity (Wildman–Crippen MR) is 74.2 cm³/mol. The van der Waals surface area contributed by atoms with E-state index in [9.17, 15) is 9.59 Å². The molecule has 18 heavy (non-hydrogen) atoms. The Morgan fingerprint density at radius 2 is 1.67 bits per heavy atom. The van der Waals surface area contributed by atoms with Crippen LogP contribution < -0.4 is 4.74 Å². The quantitative estimate of drug-likeness (QED) is 0.458. The monoisotopic (exact) mass is 378 g/mol. The third-order valence-corrected chi connectivity index (χ3v) is 3.40. The van der Waals surface area contributed by atoms with Crippen LogP contribution in [0.2, 0.25) is 0 Å². The van der Waals surface area contributed by atoms with Crippen molar-refractivity contribution in [2.24, 2.45) is 0 Å². The standard InChI is InChI=1S/C12H12Br2O4/c1-7(13)11(15)18-9-5-3-8(4-6-9)10(14)12(16)17-2/h3-7,10H,1-2H3. The van der Waals surface area contributed by atoms with Gasteiger partial charge in [-0.3, -0.25) is 9.59 Å². The fourth-order valence-electron chi connectivity index (χ4n) is 1.14. The fourth-order valence-corrected chi connectivity index (χ4v) is 1.73. The SMILES string of the molecule is COC(=O)C(Br)c1ccc(OC(=O)C(C)Br)cc1. The molecule has 6 heteroatoms. The molecule has 2 unspecified atom stereocenters. The molecule has 0 N–H and O–H groups in total. The van der Waals surface area contributed by atoms with Crippen LogP contribution in [0.1, 0.15) is 17.3 Å². The Morgan fingerprint density at radius 1 is 1.11 bits per heavy atom. The van der Waals surface area contributed by atoms with Crippen molar-refractivity contribution in [2.75, 3.05) is 7.11 Å². The average Bonchev–Trinajstić information content (AvgIpc) is 2.37. The fraction of sp³-hybridized carbons (Fsp3) is 0.333. The maximum atomic E-state index is 11.3. The number of rotatable bonds is 4. The molecule has 0 saturated carbocycles. The number of carbonyl (C=O) groups excluding carboxylic acids is 2. The molecule has 0 spiro atoms. The van der Waals surface area contributed by atoms with Crippen LogP contribution in [0.3, 0.4) is 0 Å². The summed E-state index contributed by atoms with van der Waals surface area (Å²) < 4.78 is 9.70. The molecule has 0 fully saturated rings. The van der Waals surface area contributed by atoms with Crippen molar-refractivity contribution >= 4 is 43.8 Å². The van der Waals surface area contributed by atoms with Crippen LogP contribution in [-0.2, 0) is 14.3 Å². The second-order valence-electron chi connectivity index (χ2n) is 3.49. The van der Waals surface area contributed by atoms with E-state index in [1.54, 1.807) is 31.2 Å². The summed E-state index contributed by atoms with van der Waals surface area (Å²) in [6.07, 6.45) is 0. The Morgan fingerprint density at radius 3 is 2.11 bits per heavy atom. The van der Waals surface area contributed by atoms with Crippen molar-refractivity contribution < 1.29 is 19.1 Å². The minimum atomic E-state index is -0.526. The molecular weight excluding hydrogens is 368 g/mol. The summed E-state index contributed by atoms with van der Waals surface area (Å²) in [4.78, 5) is 21.7. The lowest BCUT2D eigenvalue weighted by atomic mass is 10.1. The molecule has 0 amide bonds. The van der Waals surface area contributed by atoms with Crippen molar-refractivity contribution in [3.05, 3.63) is 29.8 Å². The molecule has 98 valence electrons. The first kappa shape index (κ1) is 15.2. The number of hydrogen-bond acceptors (Lipinski definition) is 4. The van der Waals surface area contributed by atoms with Gasteiger partial charge in [-0.15, -0.1) is 0 Å². The van der Waals surface area contributed by atoms with Crippen molar-refractivity contribution in [1.29, 1.82) is 0 Å². The van der Waals surface area contributed by atoms with Gasteiger partial charge in [-0.25, -0.2) is 0 Å². The van der Waals surface area contributed by atoms with Gasteiger partial charge in [0.15, 0.2) is 0 Å². The molecule has 0 aliphatic carbocycles. The van der Waals surface area contributed by atoms with Crippen molar-refractivity contribution in [3.63, 3.8) is 0 Å². The van der Waals surface area contributed by atoms with E-state index < -0.39 is 4.83 Å². The van der Waals surface area contributed by atoms with Gasteiger partial charge < -0.3 is 9.47 Å². The lowest BCUT2D eigenvalue weighted by Gasteiger charge is -2.09. The van der Waals surface area contributed by atoms with Crippen molar-refractivity contribution in [2.45, 2.75) is 16.6 Å². The third-order valence-electron chi connectivity index (χ3n) is 2.12. The number of halogens is 2. The predicted octanol–water partition coefficient (Wildman–Crippen LogP) is 2.98. The Balaban J connectivity index is 2.74. The van der Waals surface area contributed by atoms with E-state index in [4.69, 9.17) is 4.74 Å². The van der Waals surface area contributed by atoms with E-state index in [0.29, 0.717) is 5.75 Å². The first-order chi connectivity index (χ1) is 8.45. The normalized spacial score (nSPS) is 13.6. The molecule has 1 aromatic rings. The van der Waals surface area contributed by atoms with Crippen LogP contribution in [0, 0.1) is 0 Å². The number of hydrogen-bond donors (Lipinski definition) is 0. The van der Waals surface area contributed by atoms with E-state index in [1.165, 1.54) is 7.11 Å². The lowest BCUT2D eigenvalue weighted by molar-refractivity contribution is -0.140. The summed E-state index contributed by atoms with van der Waals surface area (Å²) in [7, 11) is 1.32. The second kappa shape index (κ2) is 6.89. The minimum Gasteiger partial charge on any atom is -0.468 e. The summed E-state index contributed by atoms with van der Waals surface area (Å²) in [5.74, 6) is -0.320. The molecule has 2 atom stereocenters. The highest BCUT2D eigenvalue weighted by molar-refractivity contribution is 9.10. The van der Waals surface area contributed by atoms with E-state index in [-0.39, 0.29) is 16.8 Å². The van der Waals surface area contributed by atoms with Crippen molar-refractivity contribution in [3.8, 4) is 5.75 Å². The zero-order chi connectivity index (χ0) is 13.7. The van der Waals surface area contributed by atoms with Gasteiger partial charge in [-0.05, 0) is 24.6 Å². The molecule has 0 aliphatic rings. The van der Waals surface area contributed by atoms with Crippen LogP contribution in [0.25, 0.3) is 0 Å². The van der Waals surface area contributed by atoms with Gasteiger partial charge >= 0.3 is 11.9 Å². The number of ether oxygens (including phenoxy) is 2. The second-order valence-corrected chi connectivity index (χ2v) is 5.78. The maximum absolute atomic E-state index is 11.3. The highest BCUT2D eigenvalue weighted by Crippen LogP contribution is 2.26. The Hall–Kier alpha value is -0.880. The molecule has 0 saturated heterocycles. The van der Waals surface area contributed by atoms with E-state index in [2.05, 4.69) is 36.6 Å². The molecule has 1 aromatic carbocycles. The van der Waals surface area contributed by atoms with Crippen LogP contribution in [0.4, 0.5) is 0 Å². The topological polar surface area (TPSA) is 52.6 Å². The largest absolute Gasteiger partial charge is 0.468 e. The number of carbonyl (C=O) groups is 2. The molecule has 0 aromatic heterocycles. The minimum absolute atomic E-state index is 0.365. The lowest BCUT2D eigenvalue weighted by Crippen LogP contribution is -2.17. The van der Waals surface area contributed by atoms with Crippen LogP contribution in [0.5, 0.6) is 5.75 Å². The number of esters is 2. The molecule has 0 heterocycles. The average molecular weight is 380 g/mol. The van der Waals surface area contributed by atoms with Crippen LogP contribution in [-0.4, -0.2) is 23.9 Å². The number of methoxy groups -OCH3 is 1. The van der Waals surface area contributed by atoms with Gasteiger partial charge in [0.1, 0.15) is 15.4 Å². The Kier molecular flexibility index (Phi) is 5.81. The van der Waals surface area contributed by atoms with Gasteiger partial charge in [0.2, 0.25) is 0 Å². The van der Waals surface area contributed by atoms with Gasteiger partial charge in [0.05, 0.1) is 7.11 Å². The van der Waals surface area contributed by atoms with Gasteiger partial charge in [-0.2, -0.15) is 0 Å². The summed E-state index contributed by atoms with van der Waals surface area (Å²) in [5.41, 5.74) is 0.730. The summed E-state index contributed by atoms with van der Waals surface area (Å²) in [5, 5.41) is 0. The molecule has 0 radical (unpaired) electrons. The molecule has 4 nitrogen and oxygen atoms in total. The highest BCUT2D eigenvalue weighted by Gasteiger charge is 2.18. The number of alkyl halides is 2. The summed E-state index contributed by atoms with van der Waals surface area (Å²) in [6.45, 7) is 1.68. The molecule has 1 rings (SSSR count). The zero-order valence-electron chi connectivity index (χ0n) is 9.85. The van der Waals surface area contributed by atoms with Gasteiger partial charge in [0.25, 0.3) is 0 Å². The Bertz CT molecular complexity index is 428. The maximum Gasteiger partial charge on any atom is 0.324 e. The summed E-state index contributed by atoms with van der Waals surface area (Å²) in [6, 6.07) is 6.63. The molecular formula is C12H12Br2O4.